The van der Waals surface area contributed by atoms with Gasteiger partial charge in [-0.2, -0.15) is 0 Å². The molecular formula is C57H72N14O16. The summed E-state index contributed by atoms with van der Waals surface area (Å²) in [5.41, 5.74) is 12.8. The van der Waals surface area contributed by atoms with E-state index in [0.29, 0.717) is 16.7 Å². The van der Waals surface area contributed by atoms with Gasteiger partial charge in [0.1, 0.15) is 46.5 Å². The molecule has 466 valence electrons. The number of aliphatic carboxylic acids is 1. The number of nitrogens with one attached hydrogen (secondary N) is 8. The number of hydrogen-bond acceptors (Lipinski definition) is 15. The lowest BCUT2D eigenvalue weighted by Gasteiger charge is -2.25. The molecule has 4 rings (SSSR count). The molecule has 30 heteroatoms. The van der Waals surface area contributed by atoms with Crippen molar-refractivity contribution in [2.75, 3.05) is 46.6 Å². The van der Waals surface area contributed by atoms with Crippen LogP contribution in [0.1, 0.15) is 57.5 Å². The van der Waals surface area contributed by atoms with Crippen LogP contribution in [-0.4, -0.2) is 157 Å². The van der Waals surface area contributed by atoms with Gasteiger partial charge < -0.3 is 73.3 Å². The highest BCUT2D eigenvalue weighted by atomic mass is 16.7. The Morgan fingerprint density at radius 2 is 0.862 bits per heavy atom. The van der Waals surface area contributed by atoms with Crippen LogP contribution in [0.15, 0.2) is 157 Å². The van der Waals surface area contributed by atoms with E-state index >= 15 is 0 Å². The largest absolute Gasteiger partial charge is 0.480 e. The van der Waals surface area contributed by atoms with Gasteiger partial charge in [-0.15, -0.1) is 13.2 Å². The molecule has 0 bridgehead atoms. The van der Waals surface area contributed by atoms with Crippen molar-refractivity contribution in [3.05, 3.63) is 189 Å². The molecule has 0 aliphatic heterocycles. The molecule has 87 heavy (non-hydrogen) atoms. The molecule has 0 unspecified atom stereocenters. The Bertz CT molecular complexity index is 2960. The number of carboxylic acids is 1. The topological polar surface area (TPSA) is 444 Å². The van der Waals surface area contributed by atoms with Gasteiger partial charge in [-0.05, 0) is 61.1 Å². The average molecular weight is 1210 g/mol. The summed E-state index contributed by atoms with van der Waals surface area (Å²) >= 11 is 0. The van der Waals surface area contributed by atoms with Gasteiger partial charge in [0, 0.05) is 37.1 Å². The van der Waals surface area contributed by atoms with E-state index in [1.165, 1.54) is 12.2 Å². The number of carboxylic acid groups (broad SMARTS) is 1. The lowest BCUT2D eigenvalue weighted by Crippen LogP contribution is -2.57. The Labute approximate surface area is 500 Å². The number of ether oxygens (including phenoxy) is 3. The number of guanidine groups is 2. The second-order valence-corrected chi connectivity index (χ2v) is 18.5. The van der Waals surface area contributed by atoms with E-state index in [-0.39, 0.29) is 78.0 Å². The van der Waals surface area contributed by atoms with Crippen LogP contribution in [0.5, 0.6) is 0 Å². The third kappa shape index (κ3) is 28.5. The van der Waals surface area contributed by atoms with Crippen LogP contribution in [-0.2, 0) is 55.8 Å². The van der Waals surface area contributed by atoms with Crippen LogP contribution in [0.2, 0.25) is 0 Å². The number of methoxy groups -OCH3 is 1. The number of nitrogens with zero attached hydrogens (tertiary/aromatic N) is 4. The molecule has 0 fully saturated rings. The van der Waals surface area contributed by atoms with Gasteiger partial charge in [0.2, 0.25) is 23.6 Å². The maximum atomic E-state index is 13.5. The fourth-order valence-corrected chi connectivity index (χ4v) is 7.71. The fraction of sp³-hybridized carbons (Fsp3) is 0.333. The first-order valence-electron chi connectivity index (χ1n) is 26.9. The van der Waals surface area contributed by atoms with Crippen LogP contribution in [0, 0.1) is 20.2 Å². The number of carbonyl (C=O) groups is 8. The van der Waals surface area contributed by atoms with Crippen LogP contribution in [0.4, 0.5) is 0 Å². The fourth-order valence-electron chi connectivity index (χ4n) is 7.71. The van der Waals surface area contributed by atoms with Gasteiger partial charge in [-0.25, -0.2) is 29.8 Å². The van der Waals surface area contributed by atoms with E-state index in [1.54, 1.807) is 121 Å². The molecular weight excluding hydrogens is 1140 g/mol. The third-order valence-electron chi connectivity index (χ3n) is 11.9. The first-order valence-corrected chi connectivity index (χ1v) is 26.9. The van der Waals surface area contributed by atoms with Crippen LogP contribution in [0.3, 0.4) is 0 Å². The molecule has 6 amide bonds. The Hall–Kier alpha value is -10.6. The number of rotatable bonds is 36. The van der Waals surface area contributed by atoms with Crippen molar-refractivity contribution in [2.24, 2.45) is 21.7 Å². The lowest BCUT2D eigenvalue weighted by molar-refractivity contribution is -0.485. The number of amides is 6. The van der Waals surface area contributed by atoms with E-state index in [2.05, 4.69) is 65.9 Å². The zero-order chi connectivity index (χ0) is 63.9. The third-order valence-corrected chi connectivity index (χ3v) is 11.9. The minimum Gasteiger partial charge on any atom is -0.480 e. The van der Waals surface area contributed by atoms with Crippen molar-refractivity contribution in [3.8, 4) is 0 Å². The van der Waals surface area contributed by atoms with Crippen LogP contribution >= 0.6 is 0 Å². The van der Waals surface area contributed by atoms with Crippen molar-refractivity contribution < 1.29 is 67.7 Å². The number of esters is 1. The summed E-state index contributed by atoms with van der Waals surface area (Å²) < 4.78 is 15.7. The van der Waals surface area contributed by atoms with Gasteiger partial charge >= 0.3 is 11.9 Å². The van der Waals surface area contributed by atoms with Crippen LogP contribution < -0.4 is 54.0 Å². The molecule has 0 aliphatic carbocycles. The highest BCUT2D eigenvalue weighted by Gasteiger charge is 2.32. The quantitative estimate of drug-likeness (QED) is 0.00559. The average Bonchev–Trinajstić information content (AvgIpc) is 3.08. The summed E-state index contributed by atoms with van der Waals surface area (Å²) in [4.78, 5) is 124. The molecule has 30 nitrogen and oxygen atoms in total. The molecule has 0 saturated heterocycles. The molecule has 0 aromatic heterocycles. The van der Waals surface area contributed by atoms with Crippen LogP contribution in [0.25, 0.3) is 0 Å². The van der Waals surface area contributed by atoms with Crippen molar-refractivity contribution in [1.29, 1.82) is 0 Å². The second kappa shape index (κ2) is 39.8. The molecule has 4 aromatic carbocycles. The standard InChI is InChI=1S/C29H37N7O8.C28H35N7O8/c1-3-17-44-19-24(34-25(37)21-13-8-5-9-14-21)27(39)33-23(18-20-11-6-4-7-12-20)26(38)32-22(28(40)43-2)15-10-16-31-29(30)35-36(41)42;1-2-16-43-18-23(33-24(36)20-12-7-4-8-13-20)26(38)32-22(17-19-10-5-3-6-11-19)25(37)31-21(27(39)40)14-9-15-30-28(29)34-35(41)42/h3-9,11-14,22-24H,1,10,15-19H2,2H3,(H,32,38)(H,33,39)(H,34,37)(H3,30,31,35);2-8,10-13,21-23H,1,9,14-18H2,(H,31,37)(H,32,38)(H,33,36)(H,39,40)(H3,29,30,34)/t22-,23+,24-;21-,22+,23-/m00/s1. The normalized spacial score (nSPS) is 13.0. The first kappa shape index (κ1) is 70.6. The highest BCUT2D eigenvalue weighted by Crippen LogP contribution is 2.10. The van der Waals surface area contributed by atoms with Gasteiger partial charge in [0.25, 0.3) is 23.7 Å². The summed E-state index contributed by atoms with van der Waals surface area (Å²) in [5, 5.41) is 55.0. The zero-order valence-electron chi connectivity index (χ0n) is 47.6. The number of hydrazone groups is 2. The van der Waals surface area contributed by atoms with E-state index < -0.39 is 106 Å². The molecule has 0 aliphatic rings. The number of benzene rings is 4. The minimum atomic E-state index is -1.34. The van der Waals surface area contributed by atoms with Gasteiger partial charge in [-0.3, -0.25) is 28.8 Å². The first-order chi connectivity index (χ1) is 41.7. The number of hydrogen-bond donors (Lipinski definition) is 11. The number of nitro groups is 2. The van der Waals surface area contributed by atoms with E-state index in [1.807, 2.05) is 0 Å². The SMILES string of the molecule is C=CCOC[C@H](NC(=O)c1ccccc1)C(=O)N[C@H](Cc1ccccc1)C(=O)N[C@@H](CCCN/C(N)=N/[N+](=O)[O-])C(=O)O.C=CCOC[C@H](NC(=O)c1ccccc1)C(=O)N[C@H](Cc1ccccc1)C(=O)N[C@@H](CCCN/C(N)=N/[N+](=O)[O-])C(=O)OC. The Balaban J connectivity index is 0.000000455. The summed E-state index contributed by atoms with van der Waals surface area (Å²) in [7, 11) is 1.16. The highest BCUT2D eigenvalue weighted by molar-refractivity contribution is 6.00. The molecule has 6 atom stereocenters. The number of carbonyl (C=O) groups excluding carboxylic acids is 7. The zero-order valence-corrected chi connectivity index (χ0v) is 47.6. The van der Waals surface area contributed by atoms with Crippen molar-refractivity contribution >= 4 is 59.3 Å². The van der Waals surface area contributed by atoms with Crippen molar-refractivity contribution in [3.63, 3.8) is 0 Å². The molecule has 0 saturated carbocycles. The molecule has 0 heterocycles. The monoisotopic (exact) mass is 1210 g/mol. The maximum absolute atomic E-state index is 13.5. The van der Waals surface area contributed by atoms with E-state index in [0.717, 1.165) is 12.7 Å². The number of nitrogens with two attached hydrogens (primary N) is 2. The van der Waals surface area contributed by atoms with Gasteiger partial charge in [-0.1, -0.05) is 109 Å². The predicted molar refractivity (Wildman–Crippen MR) is 317 cm³/mol. The summed E-state index contributed by atoms with van der Waals surface area (Å²) in [6.45, 7) is 7.13. The lowest BCUT2D eigenvalue weighted by atomic mass is 10.0. The summed E-state index contributed by atoms with van der Waals surface area (Å²) in [6, 6.07) is 27.0. The molecule has 13 N–H and O–H groups in total. The minimum absolute atomic E-state index is 0.0209. The second-order valence-electron chi connectivity index (χ2n) is 18.5. The Kier molecular flexibility index (Phi) is 32.3. The Morgan fingerprint density at radius 3 is 1.21 bits per heavy atom. The maximum Gasteiger partial charge on any atom is 0.328 e. The summed E-state index contributed by atoms with van der Waals surface area (Å²) in [6.07, 6.45) is 3.48. The van der Waals surface area contributed by atoms with Gasteiger partial charge in [0.05, 0.1) is 33.5 Å². The van der Waals surface area contributed by atoms with E-state index in [4.69, 9.17) is 25.7 Å². The predicted octanol–water partition coefficient (Wildman–Crippen LogP) is 0.410. The Morgan fingerprint density at radius 1 is 0.529 bits per heavy atom. The van der Waals surface area contributed by atoms with Crippen molar-refractivity contribution in [2.45, 2.75) is 74.8 Å². The molecule has 0 spiro atoms. The summed E-state index contributed by atoms with van der Waals surface area (Å²) in [5.74, 6) is -6.82. The van der Waals surface area contributed by atoms with Gasteiger partial charge in [0.15, 0.2) is 10.1 Å². The molecule has 4 aromatic rings. The van der Waals surface area contributed by atoms with E-state index in [9.17, 15) is 63.7 Å². The smallest absolute Gasteiger partial charge is 0.328 e. The molecule has 0 radical (unpaired) electrons. The van der Waals surface area contributed by atoms with Crippen molar-refractivity contribution in [1.82, 2.24) is 42.5 Å².